The highest BCUT2D eigenvalue weighted by atomic mass is 16.6. The van der Waals surface area contributed by atoms with Crippen LogP contribution < -0.4 is 9.47 Å². The summed E-state index contributed by atoms with van der Waals surface area (Å²) in [4.78, 5) is 14.7. The van der Waals surface area contributed by atoms with Gasteiger partial charge in [0.2, 0.25) is 5.91 Å². The number of likely N-dealkylation sites (tertiary alicyclic amines) is 1. The molecule has 138 valence electrons. The van der Waals surface area contributed by atoms with Crippen molar-refractivity contribution < 1.29 is 14.3 Å². The van der Waals surface area contributed by atoms with Gasteiger partial charge in [0.1, 0.15) is 13.2 Å². The van der Waals surface area contributed by atoms with E-state index in [9.17, 15) is 4.79 Å². The van der Waals surface area contributed by atoms with E-state index in [1.54, 1.807) is 0 Å². The standard InChI is InChI=1S/C20H25N3O3/c1-14-11-17(22-21-14)16-3-2-8-23(13-16)20(24)7-5-15-4-6-18-19(12-15)26-10-9-25-18/h4,6,11-12,16H,2-3,5,7-10,13H2,1H3,(H,21,22). The number of nitrogens with one attached hydrogen (secondary N) is 1. The first-order chi connectivity index (χ1) is 12.7. The van der Waals surface area contributed by atoms with Gasteiger partial charge in [-0.25, -0.2) is 0 Å². The fraction of sp³-hybridized carbons (Fsp3) is 0.500. The summed E-state index contributed by atoms with van der Waals surface area (Å²) in [5, 5.41) is 7.39. The third-order valence-corrected chi connectivity index (χ3v) is 5.15. The molecule has 0 radical (unpaired) electrons. The molecule has 1 aromatic carbocycles. The molecule has 2 aromatic rings. The van der Waals surface area contributed by atoms with Crippen LogP contribution in [-0.4, -0.2) is 47.3 Å². The number of amides is 1. The monoisotopic (exact) mass is 355 g/mol. The summed E-state index contributed by atoms with van der Waals surface area (Å²) < 4.78 is 11.2. The molecule has 2 aliphatic heterocycles. The number of hydrogen-bond donors (Lipinski definition) is 1. The van der Waals surface area contributed by atoms with Crippen LogP contribution in [0.1, 0.15) is 42.1 Å². The Labute approximate surface area is 153 Å². The van der Waals surface area contributed by atoms with Gasteiger partial charge in [0, 0.05) is 31.1 Å². The lowest BCUT2D eigenvalue weighted by Crippen LogP contribution is -2.39. The maximum atomic E-state index is 12.7. The molecule has 1 fully saturated rings. The third-order valence-electron chi connectivity index (χ3n) is 5.15. The van der Waals surface area contributed by atoms with Crippen LogP contribution >= 0.6 is 0 Å². The lowest BCUT2D eigenvalue weighted by atomic mass is 9.94. The van der Waals surface area contributed by atoms with Gasteiger partial charge < -0.3 is 14.4 Å². The van der Waals surface area contributed by atoms with Crippen LogP contribution in [0.25, 0.3) is 0 Å². The van der Waals surface area contributed by atoms with Crippen LogP contribution in [0.5, 0.6) is 11.5 Å². The number of piperidine rings is 1. The van der Waals surface area contributed by atoms with Crippen molar-refractivity contribution >= 4 is 5.91 Å². The Hall–Kier alpha value is -2.50. The van der Waals surface area contributed by atoms with E-state index in [0.717, 1.165) is 60.8 Å². The van der Waals surface area contributed by atoms with Gasteiger partial charge in [-0.15, -0.1) is 0 Å². The molecule has 0 bridgehead atoms. The predicted octanol–water partition coefficient (Wildman–Crippen LogP) is 2.83. The fourth-order valence-corrected chi connectivity index (χ4v) is 3.75. The SMILES string of the molecule is Cc1cc(C2CCCN(C(=O)CCc3ccc4c(c3)OCCO4)C2)n[nH]1. The molecule has 1 saturated heterocycles. The van der Waals surface area contributed by atoms with E-state index in [1.807, 2.05) is 30.0 Å². The number of ether oxygens (including phenoxy) is 2. The van der Waals surface area contributed by atoms with Crippen molar-refractivity contribution in [2.75, 3.05) is 26.3 Å². The fourth-order valence-electron chi connectivity index (χ4n) is 3.75. The molecule has 26 heavy (non-hydrogen) atoms. The van der Waals surface area contributed by atoms with Crippen molar-refractivity contribution in [2.24, 2.45) is 0 Å². The molecule has 4 rings (SSSR count). The van der Waals surface area contributed by atoms with Crippen LogP contribution in [-0.2, 0) is 11.2 Å². The van der Waals surface area contributed by atoms with Gasteiger partial charge in [0.25, 0.3) is 0 Å². The quantitative estimate of drug-likeness (QED) is 0.916. The molecule has 2 aliphatic rings. The summed E-state index contributed by atoms with van der Waals surface area (Å²) in [6.45, 7) is 4.80. The van der Waals surface area contributed by atoms with E-state index >= 15 is 0 Å². The first-order valence-corrected chi connectivity index (χ1v) is 9.37. The second kappa shape index (κ2) is 7.40. The van der Waals surface area contributed by atoms with Crippen molar-refractivity contribution in [3.8, 4) is 11.5 Å². The van der Waals surface area contributed by atoms with Crippen LogP contribution in [0, 0.1) is 6.92 Å². The van der Waals surface area contributed by atoms with Crippen molar-refractivity contribution in [1.82, 2.24) is 15.1 Å². The largest absolute Gasteiger partial charge is 0.486 e. The molecule has 0 aliphatic carbocycles. The molecule has 6 nitrogen and oxygen atoms in total. The Morgan fingerprint density at radius 3 is 2.92 bits per heavy atom. The zero-order chi connectivity index (χ0) is 17.9. The topological polar surface area (TPSA) is 67.5 Å². The van der Waals surface area contributed by atoms with Crippen LogP contribution in [0.2, 0.25) is 0 Å². The van der Waals surface area contributed by atoms with E-state index in [1.165, 1.54) is 0 Å². The Kier molecular flexibility index (Phi) is 4.82. The van der Waals surface area contributed by atoms with Gasteiger partial charge in [-0.1, -0.05) is 6.07 Å². The van der Waals surface area contributed by atoms with E-state index in [-0.39, 0.29) is 5.91 Å². The molecule has 0 spiro atoms. The summed E-state index contributed by atoms with van der Waals surface area (Å²) in [6.07, 6.45) is 3.37. The number of aromatic nitrogens is 2. The molecule has 6 heteroatoms. The average molecular weight is 355 g/mol. The van der Waals surface area contributed by atoms with Crippen molar-refractivity contribution in [1.29, 1.82) is 0 Å². The summed E-state index contributed by atoms with van der Waals surface area (Å²) in [7, 11) is 0. The molecular formula is C20H25N3O3. The summed E-state index contributed by atoms with van der Waals surface area (Å²) >= 11 is 0. The molecular weight excluding hydrogens is 330 g/mol. The van der Waals surface area contributed by atoms with Gasteiger partial charge in [-0.05, 0) is 49.9 Å². The van der Waals surface area contributed by atoms with Crippen molar-refractivity contribution in [3.63, 3.8) is 0 Å². The van der Waals surface area contributed by atoms with E-state index in [2.05, 4.69) is 16.3 Å². The van der Waals surface area contributed by atoms with Crippen LogP contribution in [0.4, 0.5) is 0 Å². The normalized spacial score (nSPS) is 19.4. The van der Waals surface area contributed by atoms with Crippen molar-refractivity contribution in [2.45, 2.75) is 38.5 Å². The second-order valence-electron chi connectivity index (χ2n) is 7.13. The van der Waals surface area contributed by atoms with E-state index in [4.69, 9.17) is 9.47 Å². The van der Waals surface area contributed by atoms with Gasteiger partial charge in [-0.3, -0.25) is 9.89 Å². The van der Waals surface area contributed by atoms with Crippen LogP contribution in [0.3, 0.4) is 0 Å². The maximum Gasteiger partial charge on any atom is 0.222 e. The number of aromatic amines is 1. The smallest absolute Gasteiger partial charge is 0.222 e. The number of carbonyl (C=O) groups excluding carboxylic acids is 1. The summed E-state index contributed by atoms with van der Waals surface area (Å²) in [5.41, 5.74) is 3.26. The molecule has 3 heterocycles. The highest BCUT2D eigenvalue weighted by molar-refractivity contribution is 5.76. The minimum Gasteiger partial charge on any atom is -0.486 e. The number of benzene rings is 1. The molecule has 1 aromatic heterocycles. The van der Waals surface area contributed by atoms with Gasteiger partial charge in [0.05, 0.1) is 5.69 Å². The lowest BCUT2D eigenvalue weighted by molar-refractivity contribution is -0.132. The predicted molar refractivity (Wildman–Crippen MR) is 97.6 cm³/mol. The lowest BCUT2D eigenvalue weighted by Gasteiger charge is -2.32. The molecule has 1 unspecified atom stereocenters. The Balaban J connectivity index is 1.34. The zero-order valence-corrected chi connectivity index (χ0v) is 15.2. The highest BCUT2D eigenvalue weighted by Crippen LogP contribution is 2.31. The summed E-state index contributed by atoms with van der Waals surface area (Å²) in [6, 6.07) is 8.04. The maximum absolute atomic E-state index is 12.7. The minimum absolute atomic E-state index is 0.219. The minimum atomic E-state index is 0.219. The van der Waals surface area contributed by atoms with E-state index < -0.39 is 0 Å². The van der Waals surface area contributed by atoms with Gasteiger partial charge in [-0.2, -0.15) is 5.10 Å². The molecule has 1 N–H and O–H groups in total. The van der Waals surface area contributed by atoms with Gasteiger partial charge in [0.15, 0.2) is 11.5 Å². The van der Waals surface area contributed by atoms with E-state index in [0.29, 0.717) is 25.6 Å². The highest BCUT2D eigenvalue weighted by Gasteiger charge is 2.26. The number of nitrogens with zero attached hydrogens (tertiary/aromatic N) is 2. The number of aryl methyl sites for hydroxylation is 2. The average Bonchev–Trinajstić information content (AvgIpc) is 3.12. The van der Waals surface area contributed by atoms with Gasteiger partial charge >= 0.3 is 0 Å². The Bertz CT molecular complexity index is 786. The Morgan fingerprint density at radius 1 is 1.27 bits per heavy atom. The first kappa shape index (κ1) is 16.9. The second-order valence-corrected chi connectivity index (χ2v) is 7.13. The number of carbonyl (C=O) groups is 1. The molecule has 1 atom stereocenters. The number of hydrogen-bond acceptors (Lipinski definition) is 4. The zero-order valence-electron chi connectivity index (χ0n) is 15.2. The number of H-pyrrole nitrogens is 1. The van der Waals surface area contributed by atoms with Crippen molar-refractivity contribution in [3.05, 3.63) is 41.2 Å². The molecule has 1 amide bonds. The summed E-state index contributed by atoms with van der Waals surface area (Å²) in [5.74, 6) is 2.14. The third kappa shape index (κ3) is 3.69. The first-order valence-electron chi connectivity index (χ1n) is 9.37. The van der Waals surface area contributed by atoms with Crippen LogP contribution in [0.15, 0.2) is 24.3 Å². The Morgan fingerprint density at radius 2 is 2.12 bits per heavy atom. The molecule has 0 saturated carbocycles. The number of fused-ring (bicyclic) bond motifs is 1. The number of rotatable bonds is 4.